The van der Waals surface area contributed by atoms with Crippen molar-refractivity contribution in [3.8, 4) is 22.3 Å². The topological polar surface area (TPSA) is 123 Å². The van der Waals surface area contributed by atoms with Crippen molar-refractivity contribution in [2.75, 3.05) is 62.6 Å². The molecule has 1 heterocycles. The van der Waals surface area contributed by atoms with Crippen LogP contribution in [-0.4, -0.2) is 86.3 Å². The highest BCUT2D eigenvalue weighted by atomic mass is 16.6. The highest BCUT2D eigenvalue weighted by molar-refractivity contribution is 6.04. The van der Waals surface area contributed by atoms with Gasteiger partial charge in [-0.25, -0.2) is 9.69 Å². The van der Waals surface area contributed by atoms with Gasteiger partial charge in [0.25, 0.3) is 0 Å². The van der Waals surface area contributed by atoms with Gasteiger partial charge in [0, 0.05) is 55.1 Å². The summed E-state index contributed by atoms with van der Waals surface area (Å²) in [6.45, 7) is 3.45. The van der Waals surface area contributed by atoms with E-state index in [4.69, 9.17) is 9.84 Å². The molecule has 1 aliphatic rings. The minimum atomic E-state index is -0.414. The molecule has 54 heavy (non-hydrogen) atoms. The van der Waals surface area contributed by atoms with E-state index in [0.717, 1.165) is 53.3 Å². The smallest absolute Gasteiger partial charge is 0.419 e. The van der Waals surface area contributed by atoms with E-state index in [1.165, 1.54) is 0 Å². The quantitative estimate of drug-likeness (QED) is 0.0651. The van der Waals surface area contributed by atoms with E-state index in [0.29, 0.717) is 37.2 Å². The minimum Gasteiger partial charge on any atom is -0.445 e. The number of para-hydroxylation sites is 2. The van der Waals surface area contributed by atoms with Crippen molar-refractivity contribution in [3.63, 3.8) is 0 Å². The van der Waals surface area contributed by atoms with Crippen molar-refractivity contribution < 1.29 is 24.2 Å². The van der Waals surface area contributed by atoms with Crippen LogP contribution in [0.25, 0.3) is 22.3 Å². The highest BCUT2D eigenvalue weighted by Gasteiger charge is 2.29. The second-order valence-corrected chi connectivity index (χ2v) is 13.2. The first-order valence-electron chi connectivity index (χ1n) is 18.5. The Morgan fingerprint density at radius 1 is 0.685 bits per heavy atom. The lowest BCUT2D eigenvalue weighted by Crippen LogP contribution is -2.42. The van der Waals surface area contributed by atoms with Gasteiger partial charge in [0.2, 0.25) is 5.91 Å². The van der Waals surface area contributed by atoms with E-state index in [1.807, 2.05) is 109 Å². The molecule has 0 aromatic heterocycles. The largest absolute Gasteiger partial charge is 0.445 e. The molecule has 0 bridgehead atoms. The van der Waals surface area contributed by atoms with Crippen LogP contribution in [0, 0.1) is 0 Å². The second kappa shape index (κ2) is 19.4. The van der Waals surface area contributed by atoms with Gasteiger partial charge in [-0.2, -0.15) is 0 Å². The third kappa shape index (κ3) is 10.3. The summed E-state index contributed by atoms with van der Waals surface area (Å²) in [6, 6.07) is 42.9. The third-order valence-corrected chi connectivity index (χ3v) is 9.38. The van der Waals surface area contributed by atoms with Crippen molar-refractivity contribution in [3.05, 3.63) is 139 Å². The molecule has 0 unspecified atom stereocenters. The lowest BCUT2D eigenvalue weighted by Gasteiger charge is -2.34. The van der Waals surface area contributed by atoms with Gasteiger partial charge in [-0.1, -0.05) is 109 Å². The van der Waals surface area contributed by atoms with Crippen LogP contribution < -0.4 is 20.9 Å². The molecule has 10 nitrogen and oxygen atoms in total. The summed E-state index contributed by atoms with van der Waals surface area (Å²) in [6.07, 6.45) is 0.750. The molecule has 0 aliphatic carbocycles. The molecular formula is C44H47N5O5. The van der Waals surface area contributed by atoms with Gasteiger partial charge in [0.1, 0.15) is 6.10 Å². The number of amides is 2. The van der Waals surface area contributed by atoms with Gasteiger partial charge >= 0.3 is 6.09 Å². The van der Waals surface area contributed by atoms with E-state index in [1.54, 1.807) is 29.2 Å². The zero-order chi connectivity index (χ0) is 37.5. The predicted molar refractivity (Wildman–Crippen MR) is 214 cm³/mol. The van der Waals surface area contributed by atoms with Crippen molar-refractivity contribution in [1.29, 1.82) is 0 Å². The number of nitrogens with zero attached hydrogens (tertiary/aromatic N) is 2. The number of carbonyl (C=O) groups is 3. The molecule has 1 aliphatic heterocycles. The first-order valence-corrected chi connectivity index (χ1v) is 18.5. The summed E-state index contributed by atoms with van der Waals surface area (Å²) in [5.41, 5.74) is 6.43. The van der Waals surface area contributed by atoms with Crippen LogP contribution in [0.5, 0.6) is 0 Å². The van der Waals surface area contributed by atoms with Crippen molar-refractivity contribution in [2.45, 2.75) is 18.9 Å². The van der Waals surface area contributed by atoms with Crippen LogP contribution in [0.3, 0.4) is 0 Å². The van der Waals surface area contributed by atoms with E-state index in [9.17, 15) is 14.4 Å². The molecule has 6 rings (SSSR count). The Labute approximate surface area is 316 Å². The van der Waals surface area contributed by atoms with Gasteiger partial charge in [-0.3, -0.25) is 9.59 Å². The Bertz CT molecular complexity index is 1900. The van der Waals surface area contributed by atoms with E-state index in [-0.39, 0.29) is 37.5 Å². The maximum Gasteiger partial charge on any atom is 0.419 e. The number of Topliss-reactive ketones (excluding diaryl/α,β-unsaturated/α-hetero) is 1. The van der Waals surface area contributed by atoms with Gasteiger partial charge < -0.3 is 30.7 Å². The molecule has 0 radical (unpaired) electrons. The highest BCUT2D eigenvalue weighted by Crippen LogP contribution is 2.40. The van der Waals surface area contributed by atoms with Crippen LogP contribution in [0.2, 0.25) is 0 Å². The zero-order valence-corrected chi connectivity index (χ0v) is 30.3. The number of carbonyl (C=O) groups excluding carboxylic acids is 3. The standard InChI is InChI=1S/C44H47N5O5/c50-29-25-46-32-43(52)47-36-17-11-16-35(30-36)42(51)31-45-24-28-48-26-22-37(23-27-48)54-44(53)49(40-20-9-7-18-38(40)33-12-3-1-4-13-33)41-21-10-8-19-39(41)34-14-5-2-6-15-34/h1-21,30,37,45-46,50H,22-29,31-32H2,(H,47,52). The number of anilines is 3. The first kappa shape index (κ1) is 38.1. The van der Waals surface area contributed by atoms with E-state index >= 15 is 0 Å². The average Bonchev–Trinajstić information content (AvgIpc) is 3.21. The van der Waals surface area contributed by atoms with Crippen LogP contribution in [0.1, 0.15) is 23.2 Å². The summed E-state index contributed by atoms with van der Waals surface area (Å²) >= 11 is 0. The number of benzene rings is 5. The van der Waals surface area contributed by atoms with E-state index < -0.39 is 6.09 Å². The predicted octanol–water partition coefficient (Wildman–Crippen LogP) is 6.75. The summed E-state index contributed by atoms with van der Waals surface area (Å²) in [4.78, 5) is 43.4. The van der Waals surface area contributed by atoms with Gasteiger partial charge in [0.15, 0.2) is 5.78 Å². The Kier molecular flexibility index (Phi) is 13.7. The molecule has 0 atom stereocenters. The Morgan fingerprint density at radius 2 is 1.26 bits per heavy atom. The molecule has 278 valence electrons. The Morgan fingerprint density at radius 3 is 1.87 bits per heavy atom. The van der Waals surface area contributed by atoms with Crippen molar-refractivity contribution in [2.24, 2.45) is 0 Å². The van der Waals surface area contributed by atoms with Crippen LogP contribution >= 0.6 is 0 Å². The monoisotopic (exact) mass is 725 g/mol. The number of ether oxygens (including phenoxy) is 1. The van der Waals surface area contributed by atoms with Crippen LogP contribution in [-0.2, 0) is 9.53 Å². The lowest BCUT2D eigenvalue weighted by molar-refractivity contribution is -0.115. The van der Waals surface area contributed by atoms with Crippen LogP contribution in [0.15, 0.2) is 133 Å². The van der Waals surface area contributed by atoms with Crippen molar-refractivity contribution in [1.82, 2.24) is 15.5 Å². The molecule has 1 saturated heterocycles. The number of hydrogen-bond donors (Lipinski definition) is 4. The summed E-state index contributed by atoms with van der Waals surface area (Å²) in [5, 5.41) is 17.7. The molecular weight excluding hydrogens is 679 g/mol. The number of ketones is 1. The fraction of sp³-hybridized carbons (Fsp3) is 0.250. The van der Waals surface area contributed by atoms with Gasteiger partial charge in [-0.05, 0) is 48.2 Å². The number of hydrogen-bond acceptors (Lipinski definition) is 8. The number of nitrogens with one attached hydrogen (secondary N) is 3. The summed E-state index contributed by atoms with van der Waals surface area (Å²) < 4.78 is 6.32. The molecule has 1 fully saturated rings. The maximum absolute atomic E-state index is 14.4. The number of aliphatic hydroxyl groups is 1. The SMILES string of the molecule is O=C(CNCCO)Nc1cccc(C(=O)CNCCN2CCC(OC(=O)N(c3ccccc3-c3ccccc3)c3ccccc3-c3ccccc3)CC2)c1. The van der Waals surface area contributed by atoms with Crippen LogP contribution in [0.4, 0.5) is 21.9 Å². The number of rotatable bonds is 16. The molecule has 0 spiro atoms. The Hall–Kier alpha value is -5.65. The first-order chi connectivity index (χ1) is 26.5. The van der Waals surface area contributed by atoms with E-state index in [2.05, 4.69) is 20.9 Å². The lowest BCUT2D eigenvalue weighted by atomic mass is 10.00. The van der Waals surface area contributed by atoms with Crippen molar-refractivity contribution >= 4 is 34.8 Å². The zero-order valence-electron chi connectivity index (χ0n) is 30.3. The minimum absolute atomic E-state index is 0.0473. The molecule has 5 aromatic carbocycles. The number of likely N-dealkylation sites (tertiary alicyclic amines) is 1. The normalized spacial score (nSPS) is 13.3. The summed E-state index contributed by atoms with van der Waals surface area (Å²) in [7, 11) is 0. The molecule has 0 saturated carbocycles. The maximum atomic E-state index is 14.4. The Balaban J connectivity index is 1.05. The number of piperidine rings is 1. The third-order valence-electron chi connectivity index (χ3n) is 9.38. The molecule has 2 amide bonds. The molecule has 10 heteroatoms. The number of aliphatic hydroxyl groups excluding tert-OH is 1. The molecule has 5 aromatic rings. The average molecular weight is 726 g/mol. The van der Waals surface area contributed by atoms with Gasteiger partial charge in [0.05, 0.1) is 31.1 Å². The fourth-order valence-corrected chi connectivity index (χ4v) is 6.63. The van der Waals surface area contributed by atoms with Gasteiger partial charge in [-0.15, -0.1) is 0 Å². The fourth-order valence-electron chi connectivity index (χ4n) is 6.63. The summed E-state index contributed by atoms with van der Waals surface area (Å²) in [5.74, 6) is -0.314. The second-order valence-electron chi connectivity index (χ2n) is 13.2. The molecule has 4 N–H and O–H groups in total.